The number of anilines is 2. The topological polar surface area (TPSA) is 43.7 Å². The van der Waals surface area contributed by atoms with Gasteiger partial charge in [0, 0.05) is 9.79 Å². The first-order valence-electron chi connectivity index (χ1n) is 7.77. The summed E-state index contributed by atoms with van der Waals surface area (Å²) in [6, 6.07) is 16.5. The molecule has 22 heavy (non-hydrogen) atoms. The van der Waals surface area contributed by atoms with Crippen molar-refractivity contribution < 1.29 is 10.2 Å². The number of hydrogen-bond donors (Lipinski definition) is 2. The number of benzene rings is 2. The molecule has 0 spiro atoms. The van der Waals surface area contributed by atoms with Crippen LogP contribution in [-0.4, -0.2) is 28.5 Å². The van der Waals surface area contributed by atoms with Crippen LogP contribution in [0.5, 0.6) is 0 Å². The van der Waals surface area contributed by atoms with Crippen molar-refractivity contribution in [2.75, 3.05) is 4.90 Å². The minimum absolute atomic E-state index is 0.0769. The maximum atomic E-state index is 10.5. The lowest BCUT2D eigenvalue weighted by molar-refractivity contribution is -0.0206. The van der Waals surface area contributed by atoms with Gasteiger partial charge in [-0.05, 0) is 43.5 Å². The van der Waals surface area contributed by atoms with E-state index in [-0.39, 0.29) is 6.04 Å². The lowest BCUT2D eigenvalue weighted by Gasteiger charge is -2.44. The number of para-hydroxylation sites is 2. The van der Waals surface area contributed by atoms with Gasteiger partial charge in [-0.1, -0.05) is 36.0 Å². The van der Waals surface area contributed by atoms with Gasteiger partial charge in [0.15, 0.2) is 0 Å². The van der Waals surface area contributed by atoms with Crippen molar-refractivity contribution >= 4 is 23.1 Å². The lowest BCUT2D eigenvalue weighted by Crippen LogP contribution is -2.50. The van der Waals surface area contributed by atoms with Crippen LogP contribution < -0.4 is 4.90 Å². The van der Waals surface area contributed by atoms with Crippen molar-refractivity contribution in [1.82, 2.24) is 0 Å². The lowest BCUT2D eigenvalue weighted by atomic mass is 9.88. The molecule has 0 radical (unpaired) electrons. The smallest absolute Gasteiger partial charge is 0.101 e. The van der Waals surface area contributed by atoms with Gasteiger partial charge in [0.05, 0.1) is 23.5 Å². The molecule has 1 saturated carbocycles. The van der Waals surface area contributed by atoms with Gasteiger partial charge in [-0.25, -0.2) is 0 Å². The minimum atomic E-state index is -0.710. The van der Waals surface area contributed by atoms with Crippen molar-refractivity contribution in [2.24, 2.45) is 0 Å². The van der Waals surface area contributed by atoms with Gasteiger partial charge < -0.3 is 15.1 Å². The van der Waals surface area contributed by atoms with E-state index in [1.165, 1.54) is 9.79 Å². The van der Waals surface area contributed by atoms with E-state index >= 15 is 0 Å². The van der Waals surface area contributed by atoms with Crippen LogP contribution in [0.4, 0.5) is 11.4 Å². The summed E-state index contributed by atoms with van der Waals surface area (Å²) >= 11 is 1.77. The van der Waals surface area contributed by atoms with E-state index in [9.17, 15) is 10.2 Å². The molecule has 2 aliphatic rings. The molecule has 1 fully saturated rings. The highest BCUT2D eigenvalue weighted by Gasteiger charge is 2.38. The third-order valence-corrected chi connectivity index (χ3v) is 5.72. The van der Waals surface area contributed by atoms with Crippen LogP contribution in [0.1, 0.15) is 19.3 Å². The van der Waals surface area contributed by atoms with Crippen LogP contribution in [0.2, 0.25) is 0 Å². The highest BCUT2D eigenvalue weighted by Crippen LogP contribution is 2.50. The fourth-order valence-corrected chi connectivity index (χ4v) is 4.58. The zero-order chi connectivity index (χ0) is 15.1. The van der Waals surface area contributed by atoms with Crippen LogP contribution in [0.3, 0.4) is 0 Å². The van der Waals surface area contributed by atoms with E-state index < -0.39 is 12.2 Å². The van der Waals surface area contributed by atoms with E-state index in [1.54, 1.807) is 11.8 Å². The van der Waals surface area contributed by atoms with E-state index in [1.807, 2.05) is 24.3 Å². The Morgan fingerprint density at radius 3 is 2.09 bits per heavy atom. The quantitative estimate of drug-likeness (QED) is 0.845. The molecule has 2 aromatic carbocycles. The van der Waals surface area contributed by atoms with Crippen molar-refractivity contribution in [1.29, 1.82) is 0 Å². The Morgan fingerprint density at radius 2 is 1.45 bits per heavy atom. The molecule has 1 heterocycles. The second-order valence-corrected chi connectivity index (χ2v) is 7.05. The summed E-state index contributed by atoms with van der Waals surface area (Å²) in [7, 11) is 0. The Morgan fingerprint density at radius 1 is 0.864 bits per heavy atom. The molecule has 4 heteroatoms. The zero-order valence-electron chi connectivity index (χ0n) is 12.2. The zero-order valence-corrected chi connectivity index (χ0v) is 13.0. The number of hydrogen-bond acceptors (Lipinski definition) is 4. The first-order valence-corrected chi connectivity index (χ1v) is 8.58. The van der Waals surface area contributed by atoms with Gasteiger partial charge in [0.2, 0.25) is 0 Å². The second-order valence-electron chi connectivity index (χ2n) is 5.96. The van der Waals surface area contributed by atoms with Gasteiger partial charge in [0.1, 0.15) is 6.10 Å². The predicted molar refractivity (Wildman–Crippen MR) is 88.8 cm³/mol. The SMILES string of the molecule is OC1CCCC(N2c3ccccc3Sc3ccccc32)C1O. The molecule has 2 N–H and O–H groups in total. The van der Waals surface area contributed by atoms with Gasteiger partial charge in [-0.15, -0.1) is 0 Å². The number of rotatable bonds is 1. The summed E-state index contributed by atoms with van der Waals surface area (Å²) in [6.45, 7) is 0. The third kappa shape index (κ3) is 2.22. The molecular weight excluding hydrogens is 294 g/mol. The van der Waals surface area contributed by atoms with E-state index in [0.29, 0.717) is 6.42 Å². The van der Waals surface area contributed by atoms with Crippen molar-refractivity contribution in [3.8, 4) is 0 Å². The summed E-state index contributed by atoms with van der Waals surface area (Å²) in [6.07, 6.45) is 1.18. The van der Waals surface area contributed by atoms with Gasteiger partial charge in [0.25, 0.3) is 0 Å². The number of aliphatic hydroxyl groups excluding tert-OH is 2. The Balaban J connectivity index is 1.84. The molecule has 0 amide bonds. The molecule has 0 bridgehead atoms. The molecular formula is C18H19NO2S. The molecule has 114 valence electrons. The highest BCUT2D eigenvalue weighted by molar-refractivity contribution is 7.99. The number of nitrogens with zero attached hydrogens (tertiary/aromatic N) is 1. The van der Waals surface area contributed by atoms with E-state index in [2.05, 4.69) is 29.2 Å². The first kappa shape index (κ1) is 14.1. The summed E-state index contributed by atoms with van der Waals surface area (Å²) in [5.74, 6) is 0. The van der Waals surface area contributed by atoms with Crippen LogP contribution in [0, 0.1) is 0 Å². The largest absolute Gasteiger partial charge is 0.390 e. The molecule has 3 nitrogen and oxygen atoms in total. The Bertz CT molecular complexity index is 645. The summed E-state index contributed by atoms with van der Waals surface area (Å²) in [5, 5.41) is 20.6. The molecule has 1 aliphatic carbocycles. The van der Waals surface area contributed by atoms with Crippen LogP contribution >= 0.6 is 11.8 Å². The molecule has 4 rings (SSSR count). The van der Waals surface area contributed by atoms with Crippen molar-refractivity contribution in [3.05, 3.63) is 48.5 Å². The maximum Gasteiger partial charge on any atom is 0.101 e. The monoisotopic (exact) mass is 313 g/mol. The second kappa shape index (κ2) is 5.61. The fourth-order valence-electron chi connectivity index (χ4n) is 3.51. The molecule has 3 unspecified atom stereocenters. The molecule has 0 saturated heterocycles. The molecule has 3 atom stereocenters. The predicted octanol–water partition coefficient (Wildman–Crippen LogP) is 3.56. The maximum absolute atomic E-state index is 10.5. The third-order valence-electron chi connectivity index (χ3n) is 4.59. The Kier molecular flexibility index (Phi) is 3.60. The highest BCUT2D eigenvalue weighted by atomic mass is 32.2. The van der Waals surface area contributed by atoms with E-state index in [4.69, 9.17) is 0 Å². The van der Waals surface area contributed by atoms with Gasteiger partial charge >= 0.3 is 0 Å². The Labute approximate surface area is 134 Å². The molecule has 2 aromatic rings. The van der Waals surface area contributed by atoms with Crippen molar-refractivity contribution in [2.45, 2.75) is 47.3 Å². The van der Waals surface area contributed by atoms with Crippen LogP contribution in [0.25, 0.3) is 0 Å². The number of aliphatic hydroxyl groups is 2. The molecule has 1 aliphatic heterocycles. The summed E-state index contributed by atoms with van der Waals surface area (Å²) in [5.41, 5.74) is 2.26. The Hall–Kier alpha value is -1.49. The van der Waals surface area contributed by atoms with Gasteiger partial charge in [-0.3, -0.25) is 0 Å². The average Bonchev–Trinajstić information content (AvgIpc) is 2.55. The van der Waals surface area contributed by atoms with Crippen molar-refractivity contribution in [3.63, 3.8) is 0 Å². The summed E-state index contributed by atoms with van der Waals surface area (Å²) in [4.78, 5) is 4.63. The van der Waals surface area contributed by atoms with Crippen LogP contribution in [0.15, 0.2) is 58.3 Å². The first-order chi connectivity index (χ1) is 10.8. The fraction of sp³-hybridized carbons (Fsp3) is 0.333. The number of fused-ring (bicyclic) bond motifs is 2. The standard InChI is InChI=1S/C18H19NO2S/c20-15-9-5-8-14(18(15)21)19-12-6-1-3-10-16(12)22-17-11-4-2-7-13(17)19/h1-4,6-7,10-11,14-15,18,20-21H,5,8-9H2. The normalized spacial score (nSPS) is 27.2. The molecule has 0 aromatic heterocycles. The average molecular weight is 313 g/mol. The van der Waals surface area contributed by atoms with Crippen LogP contribution in [-0.2, 0) is 0 Å². The van der Waals surface area contributed by atoms with Gasteiger partial charge in [-0.2, -0.15) is 0 Å². The minimum Gasteiger partial charge on any atom is -0.390 e. The summed E-state index contributed by atoms with van der Waals surface area (Å²) < 4.78 is 0. The van der Waals surface area contributed by atoms with E-state index in [0.717, 1.165) is 24.2 Å².